The van der Waals surface area contributed by atoms with Gasteiger partial charge in [0.1, 0.15) is 34.5 Å². The average Bonchev–Trinajstić information content (AvgIpc) is 3.16. The second-order valence-electron chi connectivity index (χ2n) is 12.6. The maximum Gasteiger partial charge on any atom is 0.241 e. The molecule has 0 radical (unpaired) electrons. The molecule has 8 N–H and O–H groups in total. The van der Waals surface area contributed by atoms with Gasteiger partial charge in [0.05, 0.1) is 27.4 Å². The highest BCUT2D eigenvalue weighted by atomic mass is 35.5. The zero-order valence-corrected chi connectivity index (χ0v) is 37.5. The fourth-order valence-corrected chi connectivity index (χ4v) is 7.11. The summed E-state index contributed by atoms with van der Waals surface area (Å²) in [5.41, 5.74) is 1.71. The lowest BCUT2D eigenvalue weighted by molar-refractivity contribution is 0.272. The van der Waals surface area contributed by atoms with Crippen LogP contribution < -0.4 is 49.3 Å². The number of benzene rings is 4. The number of hydrogen-bond donors (Lipinski definition) is 4. The minimum atomic E-state index is -3.84. The lowest BCUT2D eigenvalue weighted by atomic mass is 10.1. The zero-order valence-electron chi connectivity index (χ0n) is 34.3. The van der Waals surface area contributed by atoms with Gasteiger partial charge in [-0.05, 0) is 100 Å². The Hall–Kier alpha value is -4.04. The number of nitrogens with two attached hydrogens (primary N) is 2. The van der Waals surface area contributed by atoms with E-state index < -0.39 is 20.0 Å². The van der Waals surface area contributed by atoms with Crippen molar-refractivity contribution in [1.82, 2.24) is 10.6 Å². The molecular formula is C40H60Cl2N4O11S2. The van der Waals surface area contributed by atoms with Crippen LogP contribution in [0.2, 0.25) is 0 Å². The quantitative estimate of drug-likeness (QED) is 0.0787. The molecule has 4 aromatic rings. The van der Waals surface area contributed by atoms with Gasteiger partial charge in [-0.15, -0.1) is 24.8 Å². The number of nitrogens with one attached hydrogen (secondary N) is 2. The van der Waals surface area contributed by atoms with E-state index in [1.165, 1.54) is 14.2 Å². The van der Waals surface area contributed by atoms with E-state index in [0.717, 1.165) is 22.6 Å². The van der Waals surface area contributed by atoms with E-state index in [4.69, 9.17) is 38.7 Å². The maximum absolute atomic E-state index is 11.7. The Balaban J connectivity index is 0.00000109. The minimum Gasteiger partial charge on any atom is -0.495 e. The van der Waals surface area contributed by atoms with Crippen LogP contribution in [0.5, 0.6) is 34.5 Å². The van der Waals surface area contributed by atoms with Gasteiger partial charge >= 0.3 is 0 Å². The molecule has 0 unspecified atom stereocenters. The van der Waals surface area contributed by atoms with E-state index in [0.29, 0.717) is 63.9 Å². The molecule has 332 valence electrons. The van der Waals surface area contributed by atoms with Gasteiger partial charge in [-0.1, -0.05) is 36.4 Å². The van der Waals surface area contributed by atoms with E-state index in [9.17, 15) is 16.8 Å². The van der Waals surface area contributed by atoms with Crippen LogP contribution in [0.4, 0.5) is 0 Å². The third-order valence-corrected chi connectivity index (χ3v) is 10.0. The molecule has 0 spiro atoms. The molecule has 4 aromatic carbocycles. The maximum atomic E-state index is 11.7. The molecule has 0 saturated carbocycles. The van der Waals surface area contributed by atoms with Gasteiger partial charge in [0.25, 0.3) is 0 Å². The summed E-state index contributed by atoms with van der Waals surface area (Å²) >= 11 is 0. The fourth-order valence-electron chi connectivity index (χ4n) is 5.61. The third kappa shape index (κ3) is 18.8. The molecule has 19 heteroatoms. The molecule has 59 heavy (non-hydrogen) atoms. The number of primary sulfonamides is 2. The predicted octanol–water partition coefficient (Wildman–Crippen LogP) is 4.70. The first-order valence-electron chi connectivity index (χ1n) is 18.3. The van der Waals surface area contributed by atoms with Gasteiger partial charge in [-0.3, -0.25) is 0 Å². The van der Waals surface area contributed by atoms with Crippen molar-refractivity contribution >= 4 is 44.9 Å². The number of rotatable bonds is 22. The van der Waals surface area contributed by atoms with Gasteiger partial charge in [0, 0.05) is 25.2 Å². The normalized spacial score (nSPS) is 11.8. The molecule has 0 aliphatic rings. The molecule has 15 nitrogen and oxygen atoms in total. The summed E-state index contributed by atoms with van der Waals surface area (Å²) in [6.07, 6.45) is 1.28. The second kappa shape index (κ2) is 27.7. The molecule has 0 fully saturated rings. The Kier molecular flexibility index (Phi) is 25.8. The highest BCUT2D eigenvalue weighted by Gasteiger charge is 2.18. The number of halogens is 2. The third-order valence-electron chi connectivity index (χ3n) is 8.16. The van der Waals surface area contributed by atoms with Crippen LogP contribution in [-0.4, -0.2) is 88.1 Å². The van der Waals surface area contributed by atoms with Crippen LogP contribution >= 0.6 is 24.8 Å². The standard InChI is InChI=1S/2C20H28N2O5S.2ClH.H2O/c2*1-4-26-17-7-5-6-8-18(17)27-12-11-22-15(2)13-16-9-10-19(25-3)20(14-16)28(21,23)24;;;/h2*5-10,14-15,22H,4,11-13H2,1-3H3,(H2,21,23,24);2*1H;1H2/t2*15-;;;/m11.../s1. The SMILES string of the molecule is CCOc1ccccc1OCCN[C@H](C)Cc1ccc(OC)c(S(N)(=O)=O)c1.CCOc1ccccc1OCCN[C@H](C)Cc1ccc(OC)c(S(N)(=O)=O)c1.Cl.Cl.O. The largest absolute Gasteiger partial charge is 0.495 e. The van der Waals surface area contributed by atoms with Crippen LogP contribution in [0, 0.1) is 0 Å². The van der Waals surface area contributed by atoms with Crippen molar-refractivity contribution in [2.75, 3.05) is 53.7 Å². The van der Waals surface area contributed by atoms with Crippen molar-refractivity contribution < 1.29 is 50.7 Å². The first kappa shape index (κ1) is 55.0. The first-order chi connectivity index (χ1) is 26.7. The van der Waals surface area contributed by atoms with E-state index in [1.807, 2.05) is 88.4 Å². The Bertz CT molecular complexity index is 1900. The number of sulfonamides is 2. The van der Waals surface area contributed by atoms with Crippen LogP contribution in [0.3, 0.4) is 0 Å². The first-order valence-corrected chi connectivity index (χ1v) is 21.3. The number of hydrogen-bond acceptors (Lipinski definition) is 12. The lowest BCUT2D eigenvalue weighted by Gasteiger charge is -2.16. The second-order valence-corrected chi connectivity index (χ2v) is 15.7. The number of para-hydroxylation sites is 4. The molecule has 0 aliphatic heterocycles. The molecule has 0 aromatic heterocycles. The number of ether oxygens (including phenoxy) is 6. The Morgan fingerprint density at radius 2 is 0.864 bits per heavy atom. The molecule has 2 atom stereocenters. The van der Waals surface area contributed by atoms with Crippen molar-refractivity contribution in [2.45, 2.75) is 62.4 Å². The van der Waals surface area contributed by atoms with Crippen molar-refractivity contribution in [3.8, 4) is 34.5 Å². The lowest BCUT2D eigenvalue weighted by Crippen LogP contribution is -2.32. The van der Waals surface area contributed by atoms with Gasteiger partial charge in [-0.2, -0.15) is 0 Å². The molecule has 0 aliphatic carbocycles. The van der Waals surface area contributed by atoms with E-state index in [2.05, 4.69) is 10.6 Å². The van der Waals surface area contributed by atoms with Gasteiger partial charge in [0.2, 0.25) is 20.0 Å². The molecule has 0 bridgehead atoms. The van der Waals surface area contributed by atoms with E-state index in [-0.39, 0.29) is 63.7 Å². The number of methoxy groups -OCH3 is 2. The van der Waals surface area contributed by atoms with Gasteiger partial charge in [0.15, 0.2) is 23.0 Å². The van der Waals surface area contributed by atoms with Crippen LogP contribution in [-0.2, 0) is 32.9 Å². The summed E-state index contributed by atoms with van der Waals surface area (Å²) < 4.78 is 79.7. The van der Waals surface area contributed by atoms with Crippen molar-refractivity contribution in [1.29, 1.82) is 0 Å². The summed E-state index contributed by atoms with van der Waals surface area (Å²) in [4.78, 5) is -0.00821. The van der Waals surface area contributed by atoms with Crippen molar-refractivity contribution in [2.24, 2.45) is 10.3 Å². The predicted molar refractivity (Wildman–Crippen MR) is 235 cm³/mol. The highest BCUT2D eigenvalue weighted by Crippen LogP contribution is 2.28. The van der Waals surface area contributed by atoms with E-state index >= 15 is 0 Å². The summed E-state index contributed by atoms with van der Waals surface area (Å²) in [6.45, 7) is 11.3. The Morgan fingerprint density at radius 3 is 1.15 bits per heavy atom. The Labute approximate surface area is 361 Å². The summed E-state index contributed by atoms with van der Waals surface area (Å²) in [5, 5.41) is 17.3. The van der Waals surface area contributed by atoms with Crippen molar-refractivity contribution in [3.63, 3.8) is 0 Å². The van der Waals surface area contributed by atoms with Crippen molar-refractivity contribution in [3.05, 3.63) is 96.1 Å². The monoisotopic (exact) mass is 906 g/mol. The molecule has 0 heterocycles. The average molecular weight is 908 g/mol. The smallest absolute Gasteiger partial charge is 0.241 e. The van der Waals surface area contributed by atoms with Crippen LogP contribution in [0.25, 0.3) is 0 Å². The van der Waals surface area contributed by atoms with Gasteiger partial charge < -0.3 is 44.5 Å². The fraction of sp³-hybridized carbons (Fsp3) is 0.400. The molecule has 4 rings (SSSR count). The highest BCUT2D eigenvalue weighted by molar-refractivity contribution is 7.89. The summed E-state index contributed by atoms with van der Waals surface area (Å²) in [7, 11) is -4.85. The van der Waals surface area contributed by atoms with Crippen LogP contribution in [0.1, 0.15) is 38.8 Å². The van der Waals surface area contributed by atoms with Crippen LogP contribution in [0.15, 0.2) is 94.7 Å². The van der Waals surface area contributed by atoms with E-state index in [1.54, 1.807) is 24.3 Å². The van der Waals surface area contributed by atoms with Gasteiger partial charge in [-0.25, -0.2) is 27.1 Å². The summed E-state index contributed by atoms with van der Waals surface area (Å²) in [5.74, 6) is 3.37. The zero-order chi connectivity index (χ0) is 41.1. The minimum absolute atomic E-state index is 0. The summed E-state index contributed by atoms with van der Waals surface area (Å²) in [6, 6.07) is 25.4. The topological polar surface area (TPSA) is 231 Å². The Morgan fingerprint density at radius 1 is 0.542 bits per heavy atom. The molecule has 0 amide bonds. The molecular weight excluding hydrogens is 847 g/mol. The molecule has 0 saturated heterocycles.